The number of rotatable bonds is 31. The summed E-state index contributed by atoms with van der Waals surface area (Å²) in [6.07, 6.45) is -13.6. The molecule has 3 aliphatic heterocycles. The van der Waals surface area contributed by atoms with Crippen LogP contribution in [0.15, 0.2) is 224 Å². The lowest BCUT2D eigenvalue weighted by atomic mass is 9.40. The second kappa shape index (κ2) is 39.5. The van der Waals surface area contributed by atoms with E-state index in [1.165, 1.54) is 26.7 Å². The van der Waals surface area contributed by atoms with Crippen molar-refractivity contribution < 1.29 is 105 Å². The zero-order valence-electron chi connectivity index (χ0n) is 72.0. The monoisotopic (exact) mass is 1680 g/mol. The van der Waals surface area contributed by atoms with Gasteiger partial charge in [0.25, 0.3) is 0 Å². The Hall–Kier alpha value is -8.69. The van der Waals surface area contributed by atoms with Crippen LogP contribution in [0.5, 0.6) is 0 Å². The van der Waals surface area contributed by atoms with Crippen LogP contribution in [0.25, 0.3) is 0 Å². The first-order valence-electron chi connectivity index (χ1n) is 43.8. The van der Waals surface area contributed by atoms with Crippen LogP contribution in [-0.4, -0.2) is 161 Å². The number of aliphatic hydroxyl groups excluding tert-OH is 1. The van der Waals surface area contributed by atoms with Gasteiger partial charge in [-0.15, -0.1) is 0 Å². The van der Waals surface area contributed by atoms with Gasteiger partial charge >= 0.3 is 23.9 Å². The quantitative estimate of drug-likeness (QED) is 0.0139. The molecule has 25 atom stereocenters. The van der Waals surface area contributed by atoms with Crippen molar-refractivity contribution >= 4 is 30.2 Å². The number of carbonyl (C=O) groups is 5. The van der Waals surface area contributed by atoms with Gasteiger partial charge in [0.05, 0.1) is 90.3 Å². The zero-order valence-corrected chi connectivity index (χ0v) is 72.0. The summed E-state index contributed by atoms with van der Waals surface area (Å²) in [6.45, 7) is 14.8. The molecule has 0 spiro atoms. The summed E-state index contributed by atoms with van der Waals surface area (Å²) in [6, 6.07) is 66.3. The summed E-state index contributed by atoms with van der Waals surface area (Å²) in [4.78, 5) is 74.6. The molecule has 5 aliphatic carbocycles. The van der Waals surface area contributed by atoms with E-state index in [-0.39, 0.29) is 111 Å². The lowest BCUT2D eigenvalue weighted by molar-refractivity contribution is -0.396. The van der Waals surface area contributed by atoms with Gasteiger partial charge in [0, 0.05) is 6.92 Å². The largest absolute Gasteiger partial charge is 0.468 e. The molecule has 15 rings (SSSR count). The third kappa shape index (κ3) is 19.4. The number of benzene rings is 7. The maximum absolute atomic E-state index is 15.4. The molecule has 7 aromatic carbocycles. The third-order valence-electron chi connectivity index (χ3n) is 28.5. The molecule has 8 aliphatic rings. The first-order valence-corrected chi connectivity index (χ1v) is 43.8. The average Bonchev–Trinajstić information content (AvgIpc) is 1.65. The van der Waals surface area contributed by atoms with Gasteiger partial charge in [-0.05, 0) is 149 Å². The Bertz CT molecular complexity index is 4640. The molecule has 0 amide bonds. The van der Waals surface area contributed by atoms with E-state index in [9.17, 15) is 14.7 Å². The van der Waals surface area contributed by atoms with Crippen molar-refractivity contribution in [3.8, 4) is 0 Å². The minimum Gasteiger partial charge on any atom is -0.468 e. The topological polar surface area (TPSA) is 253 Å². The fourth-order valence-electron chi connectivity index (χ4n) is 21.9. The van der Waals surface area contributed by atoms with E-state index >= 15 is 14.4 Å². The smallest absolute Gasteiger partial charge is 0.339 e. The van der Waals surface area contributed by atoms with Crippen molar-refractivity contribution in [3.63, 3.8) is 0 Å². The highest BCUT2D eigenvalue weighted by Crippen LogP contribution is 2.71. The van der Waals surface area contributed by atoms with Gasteiger partial charge in [-0.3, -0.25) is 9.59 Å². The SMILES string of the molecule is COC(=O)C1O[C@@H](O[C@H]2CCC3(C)C4CC=C5C(CC(O)[C@@]6(C(=O)OC)CCC(C)(C)CC56)C(C)C4(C)CCC3C2(C)C=O)C(O[C@@H]2OC(COCc3ccccc3)[C@H](OCc3ccccc3)C(OCc3ccccc3)C2OC(=O)c2ccccc2)C(O[C@@H]2OC[C@@H](OCc3ccccc3)C(OCc3ccccc3)C2OCc2ccccc2)[C@@H]1OC(C)=O. The Kier molecular flexibility index (Phi) is 28.6. The number of ether oxygens (including phenoxy) is 16. The summed E-state index contributed by atoms with van der Waals surface area (Å²) in [5.74, 6) is -3.51. The van der Waals surface area contributed by atoms with Gasteiger partial charge in [-0.25, -0.2) is 9.59 Å². The molecule has 1 N–H and O–H groups in total. The predicted molar refractivity (Wildman–Crippen MR) is 453 cm³/mol. The number of allylic oxidation sites excluding steroid dienone is 2. The van der Waals surface area contributed by atoms with E-state index in [0.29, 0.717) is 32.1 Å². The number of methoxy groups -OCH3 is 2. The van der Waals surface area contributed by atoms with E-state index in [0.717, 1.165) is 58.9 Å². The lowest BCUT2D eigenvalue weighted by Gasteiger charge is -2.65. The Labute approximate surface area is 722 Å². The van der Waals surface area contributed by atoms with E-state index < -0.39 is 132 Å². The van der Waals surface area contributed by atoms with Gasteiger partial charge in [-0.2, -0.15) is 0 Å². The van der Waals surface area contributed by atoms with Gasteiger partial charge < -0.3 is 85.7 Å². The van der Waals surface area contributed by atoms with Gasteiger partial charge in [0.2, 0.25) is 0 Å². The zero-order chi connectivity index (χ0) is 86.1. The maximum Gasteiger partial charge on any atom is 0.339 e. The van der Waals surface area contributed by atoms with Crippen molar-refractivity contribution in [1.29, 1.82) is 0 Å². The van der Waals surface area contributed by atoms with Crippen LogP contribution in [0.4, 0.5) is 0 Å². The maximum atomic E-state index is 15.4. The molecule has 656 valence electrons. The van der Waals surface area contributed by atoms with Crippen molar-refractivity contribution in [3.05, 3.63) is 263 Å². The summed E-state index contributed by atoms with van der Waals surface area (Å²) in [7, 11) is 2.62. The van der Waals surface area contributed by atoms with Crippen molar-refractivity contribution in [2.75, 3.05) is 27.4 Å². The van der Waals surface area contributed by atoms with Crippen LogP contribution in [0.2, 0.25) is 0 Å². The number of hydrogen-bond donors (Lipinski definition) is 1. The molecular weight excluding hydrogens is 1570 g/mol. The van der Waals surface area contributed by atoms with E-state index in [4.69, 9.17) is 75.8 Å². The van der Waals surface area contributed by atoms with Gasteiger partial charge in [0.15, 0.2) is 37.2 Å². The number of esters is 4. The highest BCUT2D eigenvalue weighted by molar-refractivity contribution is 5.89. The van der Waals surface area contributed by atoms with Crippen molar-refractivity contribution in [2.24, 2.45) is 56.7 Å². The molecule has 17 unspecified atom stereocenters. The van der Waals surface area contributed by atoms with Crippen molar-refractivity contribution in [1.82, 2.24) is 0 Å². The highest BCUT2D eigenvalue weighted by atomic mass is 16.8. The molecule has 0 bridgehead atoms. The molecule has 22 nitrogen and oxygen atoms in total. The second-order valence-electron chi connectivity index (χ2n) is 36.4. The summed E-state index contributed by atoms with van der Waals surface area (Å²) in [5.41, 5.74) is 3.07. The highest BCUT2D eigenvalue weighted by Gasteiger charge is 2.69. The normalized spacial score (nSPS) is 34.5. The molecule has 4 saturated carbocycles. The fourth-order valence-corrected chi connectivity index (χ4v) is 21.9. The Morgan fingerprint density at radius 3 is 1.54 bits per heavy atom. The second-order valence-corrected chi connectivity index (χ2v) is 36.4. The average molecular weight is 1690 g/mol. The molecule has 123 heavy (non-hydrogen) atoms. The van der Waals surface area contributed by atoms with Gasteiger partial charge in [-0.1, -0.05) is 253 Å². The Morgan fingerprint density at radius 1 is 0.496 bits per heavy atom. The lowest BCUT2D eigenvalue weighted by Crippen LogP contribution is -2.69. The summed E-state index contributed by atoms with van der Waals surface area (Å²) in [5, 5.41) is 12.6. The van der Waals surface area contributed by atoms with Crippen LogP contribution in [0.3, 0.4) is 0 Å². The minimum absolute atomic E-state index is 0.00000263. The Balaban J connectivity index is 0.869. The molecule has 0 radical (unpaired) electrons. The molecule has 3 saturated heterocycles. The summed E-state index contributed by atoms with van der Waals surface area (Å²) < 4.78 is 112. The fraction of sp³-hybridized carbons (Fsp3) is 0.515. The predicted octanol–water partition coefficient (Wildman–Crippen LogP) is 15.8. The van der Waals surface area contributed by atoms with E-state index in [2.05, 4.69) is 40.7 Å². The molecule has 22 heteroatoms. The molecule has 0 aromatic heterocycles. The number of fused-ring (bicyclic) bond motifs is 6. The minimum atomic E-state index is -1.86. The molecule has 3 heterocycles. The van der Waals surface area contributed by atoms with Crippen LogP contribution in [0.1, 0.15) is 150 Å². The van der Waals surface area contributed by atoms with Crippen LogP contribution < -0.4 is 0 Å². The van der Waals surface area contributed by atoms with Gasteiger partial charge in [0.1, 0.15) is 60.5 Å². The number of hydrogen-bond acceptors (Lipinski definition) is 22. The van der Waals surface area contributed by atoms with E-state index in [1.54, 1.807) is 30.3 Å². The van der Waals surface area contributed by atoms with E-state index in [1.807, 2.05) is 189 Å². The molecule has 7 fully saturated rings. The first kappa shape index (κ1) is 89.1. The molecular formula is C101H120O22. The summed E-state index contributed by atoms with van der Waals surface area (Å²) >= 11 is 0. The third-order valence-corrected chi connectivity index (χ3v) is 28.5. The van der Waals surface area contributed by atoms with Crippen LogP contribution in [0, 0.1) is 56.7 Å². The first-order chi connectivity index (χ1) is 59.5. The van der Waals surface area contributed by atoms with Crippen LogP contribution >= 0.6 is 0 Å². The number of carbonyl (C=O) groups excluding carboxylic acids is 5. The Morgan fingerprint density at radius 2 is 1.00 bits per heavy atom. The standard InChI is InChI=1S/C101H120O22/c1-64-74-53-80(104)101(96(107)109-9)52-51-97(3,4)54-75(101)73(74)45-46-78-98(64,5)49-47-79-99(78,6)50-48-81(100(79,7)63-102)119-95-90(123-94-89(120-91(105)72-43-29-16-30-44-72)84(114-59-70-39-25-14-26-40-70)83(113-58-69-37-23-13-24-38-69)77(118-94)61-110-55-66-31-17-10-18-32-66)86(85(117-65(2)103)87(122-95)92(106)108-8)121-93-88(115-60-71-41-27-15-28-42-71)82(112-57-68-35-21-12-22-36-68)76(62-116-93)111-56-67-33-19-11-20-34-67/h10-45,63-64,74-90,93-95,104H,46-62H2,1-9H3/t64?,74?,75?,76-,77?,78?,79?,80?,81+,82?,83+,84?,85+,86?,87?,88?,89?,90?,93+,94+,95-,98?,99?,100?,101-/m1/s1. The number of aldehydes is 1. The molecule has 7 aromatic rings. The number of aliphatic hydroxyl groups is 1. The van der Waals surface area contributed by atoms with Crippen LogP contribution in [-0.2, 0) is 135 Å². The van der Waals surface area contributed by atoms with Crippen molar-refractivity contribution in [2.45, 2.75) is 244 Å².